The Balaban J connectivity index is 1.77. The summed E-state index contributed by atoms with van der Waals surface area (Å²) in [6.07, 6.45) is 0. The third-order valence-corrected chi connectivity index (χ3v) is 8.52. The molecule has 0 atom stereocenters. The van der Waals surface area contributed by atoms with Gasteiger partial charge in [-0.25, -0.2) is 0 Å². The van der Waals surface area contributed by atoms with Crippen LogP contribution < -0.4 is 28.4 Å². The van der Waals surface area contributed by atoms with Crippen LogP contribution >= 0.6 is 0 Å². The lowest BCUT2D eigenvalue weighted by Crippen LogP contribution is -2.02. The van der Waals surface area contributed by atoms with E-state index in [2.05, 4.69) is 35.5 Å². The molecule has 6 heteroatoms. The summed E-state index contributed by atoms with van der Waals surface area (Å²) in [5.41, 5.74) is 3.35. The first-order valence-electron chi connectivity index (χ1n) is 15.2. The minimum Gasteiger partial charge on any atom is -0.495 e. The van der Waals surface area contributed by atoms with E-state index in [0.29, 0.717) is 67.9 Å². The highest BCUT2D eigenvalue weighted by Crippen LogP contribution is 2.44. The highest BCUT2D eigenvalue weighted by atomic mass is 16.5. The van der Waals surface area contributed by atoms with Crippen LogP contribution in [0.5, 0.6) is 34.5 Å². The Hall–Kier alpha value is -6.42. The summed E-state index contributed by atoms with van der Waals surface area (Å²) in [6, 6.07) is 23.6. The molecule has 0 amide bonds. The molecule has 0 aromatic heterocycles. The van der Waals surface area contributed by atoms with Crippen molar-refractivity contribution in [1.29, 1.82) is 0 Å². The fourth-order valence-electron chi connectivity index (χ4n) is 6.49. The molecule has 234 valence electrons. The van der Waals surface area contributed by atoms with Gasteiger partial charge in [0, 0.05) is 32.3 Å². The predicted octanol–water partition coefficient (Wildman–Crippen LogP) is 7.71. The standard InChI is InChI=1S/C42H30O6/c1-43-37-25-13-7-8-14-26(25)38(44-2)32-21-22-34-36(42(48-6)30-18-12-11-17-29(30)40(34)46-4)24-23-35-33(20-19-31(32)37)39(45-3)27-15-9-10-16-28(27)41(35)47-5/h7-18H,1-6H3. The van der Waals surface area contributed by atoms with Gasteiger partial charge < -0.3 is 28.4 Å². The Bertz CT molecular complexity index is 2050. The third-order valence-electron chi connectivity index (χ3n) is 8.52. The summed E-state index contributed by atoms with van der Waals surface area (Å²) in [7, 11) is 9.78. The molecule has 0 saturated carbocycles. The molecule has 0 unspecified atom stereocenters. The monoisotopic (exact) mass is 630 g/mol. The van der Waals surface area contributed by atoms with E-state index in [-0.39, 0.29) is 0 Å². The van der Waals surface area contributed by atoms with Gasteiger partial charge in [-0.1, -0.05) is 108 Å². The van der Waals surface area contributed by atoms with Crippen molar-refractivity contribution < 1.29 is 28.4 Å². The van der Waals surface area contributed by atoms with Gasteiger partial charge in [-0.2, -0.15) is 0 Å². The number of hydrogen-bond donors (Lipinski definition) is 0. The predicted molar refractivity (Wildman–Crippen MR) is 189 cm³/mol. The summed E-state index contributed by atoms with van der Waals surface area (Å²) in [5, 5.41) is 5.04. The lowest BCUT2D eigenvalue weighted by molar-refractivity contribution is 0.408. The Kier molecular flexibility index (Phi) is 7.82. The van der Waals surface area contributed by atoms with Crippen LogP contribution in [0.2, 0.25) is 0 Å². The molecule has 7 rings (SSSR count). The maximum atomic E-state index is 6.06. The van der Waals surface area contributed by atoms with Crippen molar-refractivity contribution in [3.63, 3.8) is 0 Å². The molecule has 6 aromatic rings. The van der Waals surface area contributed by atoms with Gasteiger partial charge in [0.1, 0.15) is 34.5 Å². The molecule has 0 bridgehead atoms. The molecule has 0 heterocycles. The Labute approximate surface area is 279 Å². The topological polar surface area (TPSA) is 55.4 Å². The normalized spacial score (nSPS) is 11.1. The fourth-order valence-corrected chi connectivity index (χ4v) is 6.49. The molecule has 0 radical (unpaired) electrons. The SMILES string of the molecule is COc1c2c(c(OC)c3ccccc13)C#Cc1c(c(OC)c3ccccc3c1OC)C#Cc1c(c(OC)c3ccccc3c1OC)C#C2. The van der Waals surface area contributed by atoms with Crippen molar-refractivity contribution in [3.05, 3.63) is 106 Å². The van der Waals surface area contributed by atoms with Gasteiger partial charge in [0.05, 0.1) is 76.0 Å². The number of fused-ring (bicyclic) bond motifs is 6. The summed E-state index contributed by atoms with van der Waals surface area (Å²) in [5.74, 6) is 23.8. The zero-order chi connectivity index (χ0) is 33.4. The van der Waals surface area contributed by atoms with Gasteiger partial charge in [0.2, 0.25) is 0 Å². The summed E-state index contributed by atoms with van der Waals surface area (Å²) in [6.45, 7) is 0. The second kappa shape index (κ2) is 12.4. The van der Waals surface area contributed by atoms with Crippen molar-refractivity contribution in [3.8, 4) is 70.0 Å². The van der Waals surface area contributed by atoms with Crippen LogP contribution in [0.1, 0.15) is 33.4 Å². The molecule has 0 fully saturated rings. The lowest BCUT2D eigenvalue weighted by Gasteiger charge is -2.18. The number of benzene rings is 6. The van der Waals surface area contributed by atoms with Crippen molar-refractivity contribution in [2.45, 2.75) is 0 Å². The smallest absolute Gasteiger partial charge is 0.143 e. The average molecular weight is 631 g/mol. The molecule has 0 spiro atoms. The van der Waals surface area contributed by atoms with Gasteiger partial charge in [0.15, 0.2) is 0 Å². The minimum absolute atomic E-state index is 0.558. The Morgan fingerprint density at radius 2 is 0.417 bits per heavy atom. The number of rotatable bonds is 6. The first kappa shape index (κ1) is 30.2. The van der Waals surface area contributed by atoms with Gasteiger partial charge in [-0.3, -0.25) is 0 Å². The maximum absolute atomic E-state index is 6.06. The van der Waals surface area contributed by atoms with Crippen molar-refractivity contribution in [2.24, 2.45) is 0 Å². The number of methoxy groups -OCH3 is 6. The van der Waals surface area contributed by atoms with E-state index in [1.54, 1.807) is 42.7 Å². The van der Waals surface area contributed by atoms with Crippen molar-refractivity contribution in [1.82, 2.24) is 0 Å². The summed E-state index contributed by atoms with van der Waals surface area (Å²) in [4.78, 5) is 0. The van der Waals surface area contributed by atoms with Gasteiger partial charge in [0.25, 0.3) is 0 Å². The second-order valence-corrected chi connectivity index (χ2v) is 10.8. The van der Waals surface area contributed by atoms with Crippen LogP contribution in [0.15, 0.2) is 72.8 Å². The van der Waals surface area contributed by atoms with Gasteiger partial charge in [-0.05, 0) is 0 Å². The third kappa shape index (κ3) is 4.57. The van der Waals surface area contributed by atoms with Crippen LogP contribution in [-0.2, 0) is 0 Å². The van der Waals surface area contributed by atoms with Crippen LogP contribution in [0.4, 0.5) is 0 Å². The second-order valence-electron chi connectivity index (χ2n) is 10.8. The molecule has 0 aliphatic heterocycles. The highest BCUT2D eigenvalue weighted by Gasteiger charge is 2.24. The van der Waals surface area contributed by atoms with Gasteiger partial charge in [-0.15, -0.1) is 0 Å². The molecule has 0 N–H and O–H groups in total. The van der Waals surface area contributed by atoms with Crippen LogP contribution in [-0.4, -0.2) is 42.7 Å². The molecule has 48 heavy (non-hydrogen) atoms. The first-order valence-corrected chi connectivity index (χ1v) is 15.2. The quantitative estimate of drug-likeness (QED) is 0.176. The van der Waals surface area contributed by atoms with E-state index >= 15 is 0 Å². The summed E-state index contributed by atoms with van der Waals surface area (Å²) < 4.78 is 36.4. The van der Waals surface area contributed by atoms with Crippen LogP contribution in [0.3, 0.4) is 0 Å². The molecule has 1 aliphatic rings. The highest BCUT2D eigenvalue weighted by molar-refractivity contribution is 6.02. The van der Waals surface area contributed by atoms with Gasteiger partial charge >= 0.3 is 0 Å². The zero-order valence-corrected chi connectivity index (χ0v) is 27.4. The van der Waals surface area contributed by atoms with E-state index in [0.717, 1.165) is 32.3 Å². The molecular formula is C42H30O6. The van der Waals surface area contributed by atoms with E-state index in [4.69, 9.17) is 28.4 Å². The molecule has 6 nitrogen and oxygen atoms in total. The average Bonchev–Trinajstić information content (AvgIpc) is 3.13. The minimum atomic E-state index is 0.558. The largest absolute Gasteiger partial charge is 0.495 e. The Morgan fingerprint density at radius 3 is 0.542 bits per heavy atom. The van der Waals surface area contributed by atoms with E-state index in [1.807, 2.05) is 72.8 Å². The van der Waals surface area contributed by atoms with E-state index in [1.165, 1.54) is 0 Å². The maximum Gasteiger partial charge on any atom is 0.143 e. The molecular weight excluding hydrogens is 600 g/mol. The van der Waals surface area contributed by atoms with Crippen molar-refractivity contribution in [2.75, 3.05) is 42.7 Å². The van der Waals surface area contributed by atoms with E-state index in [9.17, 15) is 0 Å². The van der Waals surface area contributed by atoms with Crippen molar-refractivity contribution >= 4 is 32.3 Å². The lowest BCUT2D eigenvalue weighted by atomic mass is 9.93. The molecule has 0 saturated heterocycles. The fraction of sp³-hybridized carbons (Fsp3) is 0.143. The van der Waals surface area contributed by atoms with Crippen LogP contribution in [0.25, 0.3) is 32.3 Å². The first-order chi connectivity index (χ1) is 23.6. The summed E-state index contributed by atoms with van der Waals surface area (Å²) >= 11 is 0. The van der Waals surface area contributed by atoms with Crippen LogP contribution in [0, 0.1) is 35.5 Å². The Morgan fingerprint density at radius 1 is 0.271 bits per heavy atom. The van der Waals surface area contributed by atoms with E-state index < -0.39 is 0 Å². The molecule has 1 aliphatic carbocycles. The zero-order valence-electron chi connectivity index (χ0n) is 27.4. The molecule has 6 aromatic carbocycles. The number of ether oxygens (including phenoxy) is 6. The number of hydrogen-bond acceptors (Lipinski definition) is 6.